The van der Waals surface area contributed by atoms with Crippen molar-refractivity contribution in [2.75, 3.05) is 13.7 Å². The summed E-state index contributed by atoms with van der Waals surface area (Å²) in [5.74, 6) is 1.21. The second kappa shape index (κ2) is 10.1. The molecule has 4 rings (SSSR count). The number of nitrogens with one attached hydrogen (secondary N) is 1. The summed E-state index contributed by atoms with van der Waals surface area (Å²) in [6.45, 7) is 4.94. The molecule has 172 valence electrons. The molecule has 1 aliphatic heterocycles. The van der Waals surface area contributed by atoms with Gasteiger partial charge in [0.25, 0.3) is 5.89 Å². The lowest BCUT2D eigenvalue weighted by molar-refractivity contribution is 0.395. The summed E-state index contributed by atoms with van der Waals surface area (Å²) in [7, 11) is 1.61. The van der Waals surface area contributed by atoms with Crippen molar-refractivity contribution in [3.8, 4) is 17.1 Å². The summed E-state index contributed by atoms with van der Waals surface area (Å²) in [4.78, 5) is 6.75. The number of halogens is 1. The number of unbranched alkanes of at least 4 members (excludes halogenated alkanes) is 2. The fourth-order valence-electron chi connectivity index (χ4n) is 4.00. The number of ether oxygens (including phenoxy) is 1. The summed E-state index contributed by atoms with van der Waals surface area (Å²) >= 11 is 5.68. The van der Waals surface area contributed by atoms with Gasteiger partial charge in [-0.2, -0.15) is 4.98 Å². The number of nitrogens with zero attached hydrogens (tertiary/aromatic N) is 3. The Kier molecular flexibility index (Phi) is 7.03. The van der Waals surface area contributed by atoms with E-state index in [9.17, 15) is 4.39 Å². The number of benzene rings is 2. The Bertz CT molecular complexity index is 1180. The van der Waals surface area contributed by atoms with E-state index in [0.717, 1.165) is 48.2 Å². The normalized spacial score (nSPS) is 16.2. The summed E-state index contributed by atoms with van der Waals surface area (Å²) in [5, 5.41) is 8.18. The average molecular weight is 467 g/mol. The topological polar surface area (TPSA) is 63.4 Å². The predicted octanol–water partition coefficient (Wildman–Crippen LogP) is 5.74. The van der Waals surface area contributed by atoms with Gasteiger partial charge in [0, 0.05) is 17.8 Å². The van der Waals surface area contributed by atoms with E-state index in [1.807, 2.05) is 37.3 Å². The van der Waals surface area contributed by atoms with Crippen LogP contribution in [0.25, 0.3) is 17.0 Å². The minimum absolute atomic E-state index is 0.315. The van der Waals surface area contributed by atoms with Gasteiger partial charge < -0.3 is 19.5 Å². The smallest absolute Gasteiger partial charge is 0.258 e. The Balaban J connectivity index is 1.77. The van der Waals surface area contributed by atoms with Gasteiger partial charge in [0.05, 0.1) is 18.7 Å². The first kappa shape index (κ1) is 22.9. The third kappa shape index (κ3) is 4.90. The van der Waals surface area contributed by atoms with E-state index < -0.39 is 6.04 Å². The van der Waals surface area contributed by atoms with Gasteiger partial charge in [-0.1, -0.05) is 49.2 Å². The van der Waals surface area contributed by atoms with Crippen molar-refractivity contribution >= 4 is 22.9 Å². The third-order valence-corrected chi connectivity index (χ3v) is 6.09. The minimum atomic E-state index is -0.408. The fraction of sp³-hybridized carbons (Fsp3) is 0.320. The van der Waals surface area contributed by atoms with E-state index in [-0.39, 0.29) is 5.82 Å². The van der Waals surface area contributed by atoms with Gasteiger partial charge in [-0.25, -0.2) is 4.39 Å². The van der Waals surface area contributed by atoms with Crippen LogP contribution in [0, 0.1) is 5.82 Å². The highest BCUT2D eigenvalue weighted by Gasteiger charge is 2.34. The van der Waals surface area contributed by atoms with Crippen molar-refractivity contribution < 1.29 is 13.7 Å². The van der Waals surface area contributed by atoms with Crippen molar-refractivity contribution in [2.45, 2.75) is 39.2 Å². The molecule has 0 saturated heterocycles. The van der Waals surface area contributed by atoms with Crippen LogP contribution in [0.3, 0.4) is 0 Å². The van der Waals surface area contributed by atoms with Crippen LogP contribution in [0.1, 0.15) is 50.6 Å². The lowest BCUT2D eigenvalue weighted by Gasteiger charge is -2.37. The maximum Gasteiger partial charge on any atom is 0.258 e. The SMILES string of the molecule is CCCCCN1C(=S)NC(c2cccc(F)c2)C(c2nc(-c3cccc(OC)c3)no2)=C1C. The van der Waals surface area contributed by atoms with E-state index in [1.54, 1.807) is 13.2 Å². The van der Waals surface area contributed by atoms with Crippen LogP contribution in [0.4, 0.5) is 4.39 Å². The van der Waals surface area contributed by atoms with Crippen molar-refractivity contribution in [2.24, 2.45) is 0 Å². The van der Waals surface area contributed by atoms with Gasteiger partial charge in [0.1, 0.15) is 11.6 Å². The highest BCUT2D eigenvalue weighted by Crippen LogP contribution is 2.37. The van der Waals surface area contributed by atoms with Crippen LogP contribution < -0.4 is 10.1 Å². The van der Waals surface area contributed by atoms with Gasteiger partial charge in [0.15, 0.2) is 5.11 Å². The number of thiocarbonyl (C=S) groups is 1. The molecule has 0 aliphatic carbocycles. The lowest BCUT2D eigenvalue weighted by Crippen LogP contribution is -2.46. The summed E-state index contributed by atoms with van der Waals surface area (Å²) in [5.41, 5.74) is 3.22. The predicted molar refractivity (Wildman–Crippen MR) is 130 cm³/mol. The van der Waals surface area contributed by atoms with E-state index in [2.05, 4.69) is 27.3 Å². The first-order valence-corrected chi connectivity index (χ1v) is 11.5. The van der Waals surface area contributed by atoms with E-state index in [1.165, 1.54) is 12.1 Å². The zero-order chi connectivity index (χ0) is 23.4. The van der Waals surface area contributed by atoms with Crippen molar-refractivity contribution in [1.29, 1.82) is 0 Å². The first-order valence-electron chi connectivity index (χ1n) is 11.0. The van der Waals surface area contributed by atoms with E-state index in [4.69, 9.17) is 21.5 Å². The minimum Gasteiger partial charge on any atom is -0.497 e. The second-order valence-electron chi connectivity index (χ2n) is 7.95. The van der Waals surface area contributed by atoms with Gasteiger partial charge in [-0.3, -0.25) is 0 Å². The number of methoxy groups -OCH3 is 1. The molecule has 0 radical (unpaired) electrons. The Hall–Kier alpha value is -3.26. The molecule has 0 saturated carbocycles. The number of allylic oxidation sites excluding steroid dienone is 1. The maximum atomic E-state index is 14.1. The Morgan fingerprint density at radius 2 is 2.00 bits per heavy atom. The molecule has 0 fully saturated rings. The summed E-state index contributed by atoms with van der Waals surface area (Å²) < 4.78 is 25.1. The highest BCUT2D eigenvalue weighted by atomic mass is 32.1. The van der Waals surface area contributed by atoms with E-state index in [0.29, 0.717) is 22.6 Å². The molecule has 8 heteroatoms. The molecule has 0 bridgehead atoms. The molecule has 0 spiro atoms. The van der Waals surface area contributed by atoms with Crippen LogP contribution in [0.5, 0.6) is 5.75 Å². The number of hydrogen-bond acceptors (Lipinski definition) is 5. The summed E-state index contributed by atoms with van der Waals surface area (Å²) in [6.07, 6.45) is 3.23. The molecule has 1 N–H and O–H groups in total. The zero-order valence-corrected chi connectivity index (χ0v) is 19.8. The Morgan fingerprint density at radius 3 is 2.76 bits per heavy atom. The van der Waals surface area contributed by atoms with Gasteiger partial charge in [0.2, 0.25) is 5.82 Å². The monoisotopic (exact) mass is 466 g/mol. The molecule has 1 unspecified atom stereocenters. The van der Waals surface area contributed by atoms with Crippen LogP contribution in [0.2, 0.25) is 0 Å². The molecular weight excluding hydrogens is 439 g/mol. The molecule has 1 aromatic heterocycles. The fourth-order valence-corrected chi connectivity index (χ4v) is 4.34. The number of aromatic nitrogens is 2. The van der Waals surface area contributed by atoms with Crippen LogP contribution >= 0.6 is 12.2 Å². The van der Waals surface area contributed by atoms with Gasteiger partial charge in [-0.05, 0) is 55.4 Å². The van der Waals surface area contributed by atoms with Crippen LogP contribution in [-0.4, -0.2) is 33.8 Å². The number of hydrogen-bond donors (Lipinski definition) is 1. The molecule has 1 aliphatic rings. The highest BCUT2D eigenvalue weighted by molar-refractivity contribution is 7.80. The molecule has 33 heavy (non-hydrogen) atoms. The summed E-state index contributed by atoms with van der Waals surface area (Å²) in [6, 6.07) is 13.5. The average Bonchev–Trinajstić information content (AvgIpc) is 3.30. The van der Waals surface area contributed by atoms with Crippen LogP contribution in [0.15, 0.2) is 58.8 Å². The van der Waals surface area contributed by atoms with Crippen molar-refractivity contribution in [3.05, 3.63) is 71.5 Å². The van der Waals surface area contributed by atoms with E-state index >= 15 is 0 Å². The maximum absolute atomic E-state index is 14.1. The molecule has 1 atom stereocenters. The Labute approximate surface area is 198 Å². The zero-order valence-electron chi connectivity index (χ0n) is 19.0. The van der Waals surface area contributed by atoms with Crippen molar-refractivity contribution in [3.63, 3.8) is 0 Å². The largest absolute Gasteiger partial charge is 0.497 e. The molecule has 6 nitrogen and oxygen atoms in total. The molecular formula is C25H27FN4O2S. The molecule has 3 aromatic rings. The number of rotatable bonds is 8. The van der Waals surface area contributed by atoms with Gasteiger partial charge in [-0.15, -0.1) is 0 Å². The quantitative estimate of drug-likeness (QED) is 0.336. The van der Waals surface area contributed by atoms with Gasteiger partial charge >= 0.3 is 0 Å². The first-order chi connectivity index (χ1) is 16.0. The third-order valence-electron chi connectivity index (χ3n) is 5.75. The second-order valence-corrected chi connectivity index (χ2v) is 8.34. The lowest BCUT2D eigenvalue weighted by atomic mass is 9.94. The molecule has 0 amide bonds. The molecule has 2 aromatic carbocycles. The van der Waals surface area contributed by atoms with Crippen molar-refractivity contribution in [1.82, 2.24) is 20.4 Å². The van der Waals surface area contributed by atoms with Crippen LogP contribution in [-0.2, 0) is 0 Å². The Morgan fingerprint density at radius 1 is 1.18 bits per heavy atom. The standard InChI is InChI=1S/C25H27FN4O2S/c1-4-5-6-13-30-16(2)21(22(27-25(30)33)17-9-7-11-19(26)14-17)24-28-23(29-32-24)18-10-8-12-20(15-18)31-3/h7-12,14-15,22H,4-6,13H2,1-3H3,(H,27,33). The molecule has 2 heterocycles.